The van der Waals surface area contributed by atoms with Crippen molar-refractivity contribution in [1.82, 2.24) is 0 Å². The minimum absolute atomic E-state index is 1.78. The topological polar surface area (TPSA) is 679 Å². The van der Waals surface area contributed by atoms with E-state index >= 15 is 0 Å². The first kappa shape index (κ1) is 70.6. The Bertz CT molecular complexity index is 3120. The van der Waals surface area contributed by atoms with Crippen molar-refractivity contribution in [2.24, 2.45) is 0 Å². The van der Waals surface area contributed by atoms with Gasteiger partial charge in [-0.15, -0.1) is 0 Å². The van der Waals surface area contributed by atoms with Crippen LogP contribution in [0.2, 0.25) is 0 Å². The van der Waals surface area contributed by atoms with Gasteiger partial charge in [0.25, 0.3) is 65.9 Å². The average Bonchev–Trinajstić information content (AvgIpc) is 3.18. The van der Waals surface area contributed by atoms with Gasteiger partial charge in [-0.3, -0.25) is 52.4 Å². The van der Waals surface area contributed by atoms with Crippen molar-refractivity contribution in [3.05, 3.63) is 0 Å². The number of ether oxygens (including phenoxy) is 4. The lowest BCUT2D eigenvalue weighted by molar-refractivity contribution is -0.319. The third kappa shape index (κ3) is 27.3. The highest BCUT2D eigenvalue weighted by Gasteiger charge is 2.56. The molecule has 2 heterocycles. The van der Waals surface area contributed by atoms with Crippen LogP contribution in [0, 0.1) is 0 Å². The lowest BCUT2D eigenvalue weighted by Gasteiger charge is -2.45. The minimum atomic E-state index is -6.31. The van der Waals surface area contributed by atoms with Crippen LogP contribution < -0.4 is 0 Å². The van der Waals surface area contributed by atoms with Crippen LogP contribution in [0.4, 0.5) is 0 Å². The Morgan fingerprint density at radius 2 is 0.776 bits per heavy atom. The van der Waals surface area contributed by atoms with E-state index in [9.17, 15) is 119 Å². The molecular formula is C18H34O46S12. The van der Waals surface area contributed by atoms with Gasteiger partial charge in [0.15, 0.2) is 24.8 Å². The first-order chi connectivity index (χ1) is 34.3. The van der Waals surface area contributed by atoms with E-state index in [1.807, 2.05) is 0 Å². The number of hydrogen-bond acceptors (Lipinski definition) is 40. The zero-order valence-corrected chi connectivity index (χ0v) is 45.3. The highest BCUT2D eigenvalue weighted by Crippen LogP contribution is 2.35. The number of rotatable bonds is 35. The maximum atomic E-state index is 12.1. The summed E-state index contributed by atoms with van der Waals surface area (Å²) in [6.07, 6.45) is -42.8. The van der Waals surface area contributed by atoms with E-state index in [1.54, 1.807) is 0 Å². The summed E-state index contributed by atoms with van der Waals surface area (Å²) in [6.45, 7) is -7.89. The number of thiol groups is 6. The highest BCUT2D eigenvalue weighted by atomic mass is 32.3. The molecule has 2 fully saturated rings. The fourth-order valence-electron chi connectivity index (χ4n) is 5.89. The standard InChI is InChI=1S/C18H34O46S12/c19-65(20)55-7(10(57-67(23)24)12(63-75(43,44)45)8(61-73(37,38)39)4-52-72(34,35)36)2-50-18-16(64-76(46,47)48)13(58-68(25)26)9(56-66(21)22)5(53-18)1-49-17-15(60-70(29)30)14(59-69(27)28)11(62-74(40,41)42)6(54-17)3-51-71(31,32)33/h5-18,65-70H,1-4H2,(H,31,32,33)(H,34,35,36)(H,37,38,39)(H,40,41,42)(H,43,44,45)(H,46,47,48)/t5-,6-,7-,8-,9-,10-,11-,12-,13+,14+,15-,16-,17-,18-/m1/s1. The summed E-state index contributed by atoms with van der Waals surface area (Å²) in [4.78, 5) is 0. The molecule has 0 spiro atoms. The minimum Gasteiger partial charge on any atom is -0.347 e. The molecule has 0 aromatic carbocycles. The molecule has 58 heteroatoms. The molecule has 14 atom stereocenters. The molecule has 0 bridgehead atoms. The summed E-state index contributed by atoms with van der Waals surface area (Å²) in [5, 5.41) is 0. The van der Waals surface area contributed by atoms with Crippen molar-refractivity contribution in [2.75, 3.05) is 26.4 Å². The maximum Gasteiger partial charge on any atom is 0.397 e. The van der Waals surface area contributed by atoms with E-state index in [0.29, 0.717) is 0 Å². The first-order valence-electron chi connectivity index (χ1n) is 17.6. The van der Waals surface area contributed by atoms with Gasteiger partial charge in [0.2, 0.25) is 0 Å². The van der Waals surface area contributed by atoms with Crippen LogP contribution in [0.1, 0.15) is 0 Å². The Balaban J connectivity index is 2.98. The third-order valence-electron chi connectivity index (χ3n) is 8.05. The lowest BCUT2D eigenvalue weighted by Crippen LogP contribution is -2.64. The Morgan fingerprint density at radius 1 is 0.368 bits per heavy atom. The van der Waals surface area contributed by atoms with Gasteiger partial charge in [0.05, 0.1) is 26.4 Å². The van der Waals surface area contributed by atoms with Crippen LogP contribution in [-0.2, 0) is 197 Å². The van der Waals surface area contributed by atoms with E-state index in [2.05, 4.69) is 50.2 Å². The molecule has 0 unspecified atom stereocenters. The van der Waals surface area contributed by atoms with Crippen molar-refractivity contribution in [3.63, 3.8) is 0 Å². The average molecular weight is 1370 g/mol. The molecule has 46 nitrogen and oxygen atoms in total. The van der Waals surface area contributed by atoms with Gasteiger partial charge in [0.1, 0.15) is 61.0 Å². The summed E-state index contributed by atoms with van der Waals surface area (Å²) >= 11 is 0. The van der Waals surface area contributed by atoms with E-state index in [-0.39, 0.29) is 0 Å². The Kier molecular flexibility index (Phi) is 27.4. The molecule has 2 aliphatic heterocycles. The SMILES string of the molecule is O=[SH](=O)O[C@@H]1[C@@H](OS(=O)(=O)O)[C@H](OC[C@@H](O[SH](=O)=O)[C@@H](O[SH](=O)=O)[C@H](OS(=O)(=O)O)[C@@H](COS(=O)(=O)O)OS(=O)(=O)O)O[C@H](CO[C@@H]2O[C@H](COS(=O)(=O)O)[C@@H](OS(=O)(=O)O)[C@H](O[SH](=O)=O)[C@H]2O[SH](=O)=O)[C@H]1O[SH](=O)=O. The fourth-order valence-corrected chi connectivity index (χ4v) is 11.1. The van der Waals surface area contributed by atoms with Crippen LogP contribution in [0.5, 0.6) is 0 Å². The van der Waals surface area contributed by atoms with E-state index in [1.165, 1.54) is 0 Å². The summed E-state index contributed by atoms with van der Waals surface area (Å²) < 4.78 is 411. The molecule has 2 aliphatic rings. The molecule has 6 N–H and O–H groups in total. The molecule has 2 saturated heterocycles. The third-order valence-corrected chi connectivity index (χ3v) is 13.3. The summed E-state index contributed by atoms with van der Waals surface area (Å²) in [5.41, 5.74) is 0. The summed E-state index contributed by atoms with van der Waals surface area (Å²) in [5.74, 6) is 0. The van der Waals surface area contributed by atoms with Crippen LogP contribution in [0.25, 0.3) is 0 Å². The van der Waals surface area contributed by atoms with Crippen LogP contribution in [0.15, 0.2) is 0 Å². The fraction of sp³-hybridized carbons (Fsp3) is 1.00. The second kappa shape index (κ2) is 29.5. The smallest absolute Gasteiger partial charge is 0.347 e. The molecule has 0 aliphatic carbocycles. The lowest BCUT2D eigenvalue weighted by atomic mass is 9.98. The van der Waals surface area contributed by atoms with Crippen molar-refractivity contribution in [3.8, 4) is 0 Å². The van der Waals surface area contributed by atoms with Crippen molar-refractivity contribution in [1.29, 1.82) is 0 Å². The van der Waals surface area contributed by atoms with Gasteiger partial charge in [-0.1, -0.05) is 0 Å². The molecule has 0 saturated carbocycles. The highest BCUT2D eigenvalue weighted by molar-refractivity contribution is 7.82. The first-order valence-corrected chi connectivity index (χ1v) is 32.4. The second-order valence-electron chi connectivity index (χ2n) is 13.0. The van der Waals surface area contributed by atoms with Gasteiger partial charge in [0, 0.05) is 0 Å². The predicted octanol–water partition coefficient (Wildman–Crippen LogP) is -11.7. The molecule has 0 aromatic rings. The normalized spacial score (nSPS) is 27.3. The van der Waals surface area contributed by atoms with Gasteiger partial charge >= 0.3 is 62.4 Å². The van der Waals surface area contributed by atoms with E-state index < -0.39 is 241 Å². The Hall–Kier alpha value is -1.48. The monoisotopic (exact) mass is 1370 g/mol. The van der Waals surface area contributed by atoms with Gasteiger partial charge in [-0.2, -0.15) is 50.5 Å². The molecule has 0 radical (unpaired) electrons. The van der Waals surface area contributed by atoms with E-state index in [0.717, 1.165) is 0 Å². The zero-order valence-electron chi connectivity index (χ0n) is 35.1. The summed E-state index contributed by atoms with van der Waals surface area (Å²) in [7, 11) is -63.3. The quantitative estimate of drug-likeness (QED) is 0.0207. The number of hydrogen-bond donors (Lipinski definition) is 12. The predicted molar refractivity (Wildman–Crippen MR) is 221 cm³/mol. The van der Waals surface area contributed by atoms with Gasteiger partial charge in [-0.25, -0.2) is 75.6 Å². The molecular weight excluding hydrogens is 1340 g/mol. The van der Waals surface area contributed by atoms with Gasteiger partial charge < -0.3 is 18.9 Å². The largest absolute Gasteiger partial charge is 0.397 e. The van der Waals surface area contributed by atoms with E-state index in [4.69, 9.17) is 28.1 Å². The summed E-state index contributed by atoms with van der Waals surface area (Å²) in [6, 6.07) is 0. The molecule has 0 amide bonds. The van der Waals surface area contributed by atoms with Crippen LogP contribution >= 0.6 is 0 Å². The van der Waals surface area contributed by atoms with Crippen LogP contribution in [-0.4, -0.2) is 241 Å². The van der Waals surface area contributed by atoms with Crippen molar-refractivity contribution >= 4 is 128 Å². The van der Waals surface area contributed by atoms with Crippen LogP contribution in [0.3, 0.4) is 0 Å². The Morgan fingerprint density at radius 3 is 1.20 bits per heavy atom. The molecule has 454 valence electrons. The zero-order chi connectivity index (χ0) is 58.7. The molecule has 76 heavy (non-hydrogen) atoms. The van der Waals surface area contributed by atoms with Crippen molar-refractivity contribution in [2.45, 2.75) is 85.8 Å². The Labute approximate surface area is 435 Å². The van der Waals surface area contributed by atoms with Gasteiger partial charge in [-0.05, 0) is 0 Å². The molecule has 2 rings (SSSR count). The van der Waals surface area contributed by atoms with Crippen molar-refractivity contribution < 1.29 is 197 Å². The second-order valence-corrected chi connectivity index (χ2v) is 23.4. The maximum absolute atomic E-state index is 12.1. The molecule has 0 aromatic heterocycles.